The SMILES string of the molecule is CCC(NC)C(O)CF.CNC(CC(=O)O)C(O)CF.CNC(CC(=O)OC)C(O)CF. The molecule has 0 aromatic carbocycles. The third-order valence-electron chi connectivity index (χ3n) is 4.43. The lowest BCUT2D eigenvalue weighted by Gasteiger charge is -2.18. The minimum absolute atomic E-state index is 0.0297. The van der Waals surface area contributed by atoms with Gasteiger partial charge in [0.15, 0.2) is 0 Å². The standard InChI is InChI=1S/C7H14FNO3.C6H12FNO3.C6H14FNO/c1-9-5(6(10)4-8)3-7(11)12-2;1-8-4(2-6(10)11)5(9)3-7;1-3-5(8-2)6(9)4-7/h5-6,9-10H,3-4H2,1-2H3;4-5,8-9H,2-3H2,1H3,(H,10,11);5-6,8-9H,3-4H2,1-2H3. The van der Waals surface area contributed by atoms with E-state index in [0.717, 1.165) is 6.42 Å². The number of hydrogen-bond acceptors (Lipinski definition) is 9. The second kappa shape index (κ2) is 22.7. The zero-order valence-corrected chi connectivity index (χ0v) is 19.4. The number of nitrogens with one attached hydrogen (secondary N) is 3. The second-order valence-corrected chi connectivity index (χ2v) is 6.64. The predicted molar refractivity (Wildman–Crippen MR) is 114 cm³/mol. The molecule has 0 aliphatic heterocycles. The molecule has 6 atom stereocenters. The average molecular weight is 480 g/mol. The zero-order valence-electron chi connectivity index (χ0n) is 19.4. The Labute approximate surface area is 187 Å². The van der Waals surface area contributed by atoms with Crippen molar-refractivity contribution in [1.29, 1.82) is 0 Å². The molecule has 13 heteroatoms. The van der Waals surface area contributed by atoms with Crippen molar-refractivity contribution >= 4 is 11.9 Å². The van der Waals surface area contributed by atoms with Gasteiger partial charge in [0.1, 0.15) is 20.0 Å². The number of aliphatic hydroxyl groups excluding tert-OH is 3. The van der Waals surface area contributed by atoms with E-state index in [-0.39, 0.29) is 18.9 Å². The van der Waals surface area contributed by atoms with E-state index >= 15 is 0 Å². The molecular weight excluding hydrogens is 439 g/mol. The minimum Gasteiger partial charge on any atom is -0.481 e. The lowest BCUT2D eigenvalue weighted by atomic mass is 10.1. The molecule has 0 aliphatic rings. The van der Waals surface area contributed by atoms with E-state index in [1.165, 1.54) is 14.2 Å². The van der Waals surface area contributed by atoms with Crippen molar-refractivity contribution in [3.8, 4) is 0 Å². The lowest BCUT2D eigenvalue weighted by Crippen LogP contribution is -2.40. The van der Waals surface area contributed by atoms with Gasteiger partial charge in [0.2, 0.25) is 0 Å². The highest BCUT2D eigenvalue weighted by Gasteiger charge is 2.21. The van der Waals surface area contributed by atoms with Crippen molar-refractivity contribution in [2.45, 2.75) is 62.6 Å². The topological polar surface area (TPSA) is 160 Å². The van der Waals surface area contributed by atoms with Gasteiger partial charge in [0.25, 0.3) is 0 Å². The van der Waals surface area contributed by atoms with E-state index in [1.54, 1.807) is 14.1 Å². The quantitative estimate of drug-likeness (QED) is 0.157. The number of carboxylic acid groups (broad SMARTS) is 1. The van der Waals surface area contributed by atoms with Crippen LogP contribution in [0.4, 0.5) is 13.2 Å². The largest absolute Gasteiger partial charge is 0.481 e. The first-order valence-electron chi connectivity index (χ1n) is 10.1. The Hall–Kier alpha value is -1.51. The van der Waals surface area contributed by atoms with Gasteiger partial charge in [0, 0.05) is 18.1 Å². The number of aliphatic hydroxyl groups is 3. The van der Waals surface area contributed by atoms with Crippen LogP contribution in [0.15, 0.2) is 0 Å². The Bertz CT molecular complexity index is 464. The Morgan fingerprint density at radius 1 is 0.781 bits per heavy atom. The number of esters is 1. The molecular formula is C19H40F3N3O7. The molecule has 0 saturated carbocycles. The fraction of sp³-hybridized carbons (Fsp3) is 0.895. The summed E-state index contributed by atoms with van der Waals surface area (Å²) in [7, 11) is 5.99. The van der Waals surface area contributed by atoms with Gasteiger partial charge in [-0.2, -0.15) is 0 Å². The molecule has 0 amide bonds. The summed E-state index contributed by atoms with van der Waals surface area (Å²) in [6, 6.07) is -1.39. The molecule has 0 aromatic rings. The summed E-state index contributed by atoms with van der Waals surface area (Å²) >= 11 is 0. The van der Waals surface area contributed by atoms with E-state index in [2.05, 4.69) is 20.7 Å². The summed E-state index contributed by atoms with van der Waals surface area (Å²) in [5.41, 5.74) is 0. The number of aliphatic carboxylic acids is 1. The van der Waals surface area contributed by atoms with Crippen LogP contribution >= 0.6 is 0 Å². The zero-order chi connectivity index (χ0) is 25.7. The van der Waals surface area contributed by atoms with Gasteiger partial charge in [0.05, 0.1) is 38.3 Å². The van der Waals surface area contributed by atoms with Crippen LogP contribution in [0.5, 0.6) is 0 Å². The minimum atomic E-state index is -1.24. The predicted octanol–water partition coefficient (Wildman–Crippen LogP) is -0.838. The first-order valence-corrected chi connectivity index (χ1v) is 10.1. The summed E-state index contributed by atoms with van der Waals surface area (Å²) in [6.45, 7) is -0.569. The molecule has 0 saturated heterocycles. The van der Waals surface area contributed by atoms with Gasteiger partial charge in [-0.3, -0.25) is 9.59 Å². The number of carbonyl (C=O) groups is 2. The molecule has 7 N–H and O–H groups in total. The van der Waals surface area contributed by atoms with Gasteiger partial charge in [-0.1, -0.05) is 6.92 Å². The molecule has 0 radical (unpaired) electrons. The molecule has 194 valence electrons. The van der Waals surface area contributed by atoms with E-state index in [0.29, 0.717) is 0 Å². The monoisotopic (exact) mass is 479 g/mol. The summed E-state index contributed by atoms with van der Waals surface area (Å²) < 4.78 is 39.8. The summed E-state index contributed by atoms with van der Waals surface area (Å²) in [5.74, 6) is -1.53. The van der Waals surface area contributed by atoms with Crippen LogP contribution < -0.4 is 16.0 Å². The Morgan fingerprint density at radius 2 is 1.12 bits per heavy atom. The highest BCUT2D eigenvalue weighted by atomic mass is 19.1. The molecule has 0 fully saturated rings. The molecule has 0 aliphatic carbocycles. The maximum Gasteiger partial charge on any atom is 0.307 e. The van der Waals surface area contributed by atoms with E-state index in [1.807, 2.05) is 6.92 Å². The second-order valence-electron chi connectivity index (χ2n) is 6.64. The number of likely N-dealkylation sites (N-methyl/N-ethyl adjacent to an activating group) is 3. The smallest absolute Gasteiger partial charge is 0.307 e. The van der Waals surface area contributed by atoms with Crippen molar-refractivity contribution in [1.82, 2.24) is 16.0 Å². The van der Waals surface area contributed by atoms with Crippen LogP contribution in [0, 0.1) is 0 Å². The van der Waals surface area contributed by atoms with Gasteiger partial charge >= 0.3 is 11.9 Å². The number of ether oxygens (including phenoxy) is 1. The van der Waals surface area contributed by atoms with Gasteiger partial charge in [-0.25, -0.2) is 13.2 Å². The van der Waals surface area contributed by atoms with Gasteiger partial charge < -0.3 is 41.1 Å². The molecule has 0 spiro atoms. The van der Waals surface area contributed by atoms with Crippen LogP contribution in [-0.2, 0) is 14.3 Å². The van der Waals surface area contributed by atoms with E-state index in [4.69, 9.17) is 20.4 Å². The van der Waals surface area contributed by atoms with Gasteiger partial charge in [-0.05, 0) is 27.6 Å². The number of rotatable bonds is 14. The van der Waals surface area contributed by atoms with Crippen LogP contribution in [-0.4, -0.2) is 117 Å². The highest BCUT2D eigenvalue weighted by molar-refractivity contribution is 5.70. The molecule has 10 nitrogen and oxygen atoms in total. The van der Waals surface area contributed by atoms with Crippen molar-refractivity contribution in [2.24, 2.45) is 0 Å². The number of methoxy groups -OCH3 is 1. The molecule has 0 heterocycles. The molecule has 32 heavy (non-hydrogen) atoms. The van der Waals surface area contributed by atoms with E-state index < -0.39 is 62.4 Å². The Kier molecular flexibility index (Phi) is 24.9. The molecule has 0 aromatic heterocycles. The van der Waals surface area contributed by atoms with E-state index in [9.17, 15) is 22.8 Å². The summed E-state index contributed by atoms with van der Waals surface area (Å²) in [4.78, 5) is 20.8. The van der Waals surface area contributed by atoms with Crippen LogP contribution in [0.25, 0.3) is 0 Å². The van der Waals surface area contributed by atoms with Crippen LogP contribution in [0.3, 0.4) is 0 Å². The first-order chi connectivity index (χ1) is 15.0. The number of hydrogen-bond donors (Lipinski definition) is 7. The van der Waals surface area contributed by atoms with Crippen molar-refractivity contribution in [3.63, 3.8) is 0 Å². The third-order valence-corrected chi connectivity index (χ3v) is 4.43. The van der Waals surface area contributed by atoms with Crippen molar-refractivity contribution < 1.29 is 47.9 Å². The number of alkyl halides is 3. The fourth-order valence-electron chi connectivity index (χ4n) is 2.30. The normalized spacial score (nSPS) is 16.1. The molecule has 0 rings (SSSR count). The third kappa shape index (κ3) is 18.1. The number of halogens is 3. The highest BCUT2D eigenvalue weighted by Crippen LogP contribution is 2.01. The number of carbonyl (C=O) groups excluding carboxylic acids is 1. The maximum atomic E-state index is 11.9. The summed E-state index contributed by atoms with van der Waals surface area (Å²) in [6.07, 6.45) is -2.80. The maximum absolute atomic E-state index is 11.9. The lowest BCUT2D eigenvalue weighted by molar-refractivity contribution is -0.142. The molecule has 0 bridgehead atoms. The molecule has 6 unspecified atom stereocenters. The Morgan fingerprint density at radius 3 is 1.34 bits per heavy atom. The first kappa shape index (κ1) is 35.1. The average Bonchev–Trinajstić information content (AvgIpc) is 2.80. The summed E-state index contributed by atoms with van der Waals surface area (Å²) in [5, 5.41) is 43.0. The van der Waals surface area contributed by atoms with Crippen LogP contribution in [0.2, 0.25) is 0 Å². The fourth-order valence-corrected chi connectivity index (χ4v) is 2.30. The van der Waals surface area contributed by atoms with Crippen LogP contribution in [0.1, 0.15) is 26.2 Å². The van der Waals surface area contributed by atoms with Gasteiger partial charge in [-0.15, -0.1) is 0 Å². The number of carboxylic acids is 1. The Balaban J connectivity index is -0.000000398. The van der Waals surface area contributed by atoms with Crippen molar-refractivity contribution in [3.05, 3.63) is 0 Å². The van der Waals surface area contributed by atoms with Crippen molar-refractivity contribution in [2.75, 3.05) is 48.3 Å².